The van der Waals surface area contributed by atoms with Gasteiger partial charge in [-0.25, -0.2) is 0 Å². The van der Waals surface area contributed by atoms with Crippen molar-refractivity contribution in [2.24, 2.45) is 11.8 Å². The highest BCUT2D eigenvalue weighted by atomic mass is 16.5. The van der Waals surface area contributed by atoms with Crippen LogP contribution in [0.2, 0.25) is 0 Å². The van der Waals surface area contributed by atoms with Gasteiger partial charge in [-0.05, 0) is 63.2 Å². The van der Waals surface area contributed by atoms with E-state index in [0.717, 1.165) is 37.5 Å². The molecule has 2 rings (SSSR count). The Morgan fingerprint density at radius 2 is 1.79 bits per heavy atom. The summed E-state index contributed by atoms with van der Waals surface area (Å²) in [5.74, 6) is 2.05. The van der Waals surface area contributed by atoms with Crippen LogP contribution in [-0.2, 0) is 9.53 Å². The van der Waals surface area contributed by atoms with Crippen LogP contribution in [0.1, 0.15) is 64.2 Å². The van der Waals surface area contributed by atoms with E-state index < -0.39 is 0 Å². The van der Waals surface area contributed by atoms with E-state index >= 15 is 0 Å². The summed E-state index contributed by atoms with van der Waals surface area (Å²) < 4.78 is 5.40. The number of hydrogen-bond donors (Lipinski definition) is 0. The molecule has 0 saturated heterocycles. The van der Waals surface area contributed by atoms with Crippen molar-refractivity contribution >= 4 is 5.78 Å². The Bertz CT molecular complexity index is 290. The molecule has 0 heterocycles. The monoisotopic (exact) mass is 264 g/mol. The van der Waals surface area contributed by atoms with Gasteiger partial charge in [-0.3, -0.25) is 4.79 Å². The Kier molecular flexibility index (Phi) is 6.09. The third-order valence-corrected chi connectivity index (χ3v) is 4.86. The van der Waals surface area contributed by atoms with Crippen molar-refractivity contribution in [3.63, 3.8) is 0 Å². The van der Waals surface area contributed by atoms with E-state index in [1.54, 1.807) is 0 Å². The standard InChI is InChI=1S/C17H28O2/c1-19-17-12-8-15(9-13-17)5-3-2-4-14-6-10-16(18)11-7-14/h3,5,14-15,17H,2,4,6-13H2,1H3. The number of carbonyl (C=O) groups excluding carboxylic acids is 1. The van der Waals surface area contributed by atoms with Crippen molar-refractivity contribution in [2.45, 2.75) is 70.3 Å². The van der Waals surface area contributed by atoms with Gasteiger partial charge in [0, 0.05) is 20.0 Å². The zero-order valence-electron chi connectivity index (χ0n) is 12.3. The van der Waals surface area contributed by atoms with Gasteiger partial charge in [0.05, 0.1) is 6.10 Å². The molecule has 0 atom stereocenters. The Morgan fingerprint density at radius 3 is 2.42 bits per heavy atom. The summed E-state index contributed by atoms with van der Waals surface area (Å²) in [6.45, 7) is 0. The highest BCUT2D eigenvalue weighted by molar-refractivity contribution is 5.78. The number of ether oxygens (including phenoxy) is 1. The fourth-order valence-electron chi connectivity index (χ4n) is 3.43. The fourth-order valence-corrected chi connectivity index (χ4v) is 3.43. The Balaban J connectivity index is 1.58. The minimum atomic E-state index is 0.474. The molecule has 2 heteroatoms. The average Bonchev–Trinajstić information content (AvgIpc) is 2.46. The quantitative estimate of drug-likeness (QED) is 0.692. The number of hydrogen-bond acceptors (Lipinski definition) is 2. The summed E-state index contributed by atoms with van der Waals surface area (Å²) in [6.07, 6.45) is 16.7. The summed E-state index contributed by atoms with van der Waals surface area (Å²) in [7, 11) is 1.83. The van der Waals surface area contributed by atoms with E-state index in [9.17, 15) is 4.79 Å². The lowest BCUT2D eigenvalue weighted by atomic mass is 9.84. The normalized spacial score (nSPS) is 30.1. The van der Waals surface area contributed by atoms with Crippen LogP contribution < -0.4 is 0 Å². The number of allylic oxidation sites excluding steroid dienone is 2. The Labute approximate surface area is 117 Å². The lowest BCUT2D eigenvalue weighted by molar-refractivity contribution is -0.121. The second-order valence-electron chi connectivity index (χ2n) is 6.26. The zero-order chi connectivity index (χ0) is 13.5. The van der Waals surface area contributed by atoms with E-state index in [4.69, 9.17) is 4.74 Å². The summed E-state index contributed by atoms with van der Waals surface area (Å²) in [6, 6.07) is 0. The van der Waals surface area contributed by atoms with Crippen molar-refractivity contribution in [1.29, 1.82) is 0 Å². The number of carbonyl (C=O) groups is 1. The maximum absolute atomic E-state index is 11.2. The van der Waals surface area contributed by atoms with Crippen molar-refractivity contribution in [3.8, 4) is 0 Å². The Morgan fingerprint density at radius 1 is 1.11 bits per heavy atom. The van der Waals surface area contributed by atoms with Gasteiger partial charge in [-0.15, -0.1) is 0 Å². The minimum absolute atomic E-state index is 0.474. The van der Waals surface area contributed by atoms with E-state index in [1.807, 2.05) is 7.11 Å². The minimum Gasteiger partial charge on any atom is -0.381 e. The molecule has 0 N–H and O–H groups in total. The second-order valence-corrected chi connectivity index (χ2v) is 6.26. The molecule has 0 spiro atoms. The molecule has 0 aromatic carbocycles. The molecule has 0 aromatic heterocycles. The van der Waals surface area contributed by atoms with E-state index in [2.05, 4.69) is 12.2 Å². The number of ketones is 1. The van der Waals surface area contributed by atoms with Crippen molar-refractivity contribution in [1.82, 2.24) is 0 Å². The predicted molar refractivity (Wildman–Crippen MR) is 78.1 cm³/mol. The van der Waals surface area contributed by atoms with Crippen LogP contribution >= 0.6 is 0 Å². The smallest absolute Gasteiger partial charge is 0.132 e. The summed E-state index contributed by atoms with van der Waals surface area (Å²) in [5, 5.41) is 0. The first kappa shape index (κ1) is 14.8. The molecule has 0 radical (unpaired) electrons. The SMILES string of the molecule is COC1CCC(C=CCCC2CCC(=O)CC2)CC1. The molecule has 0 unspecified atom stereocenters. The lowest BCUT2D eigenvalue weighted by Gasteiger charge is -2.25. The number of rotatable bonds is 5. The predicted octanol–water partition coefficient (Wildman–Crippen LogP) is 4.29. The van der Waals surface area contributed by atoms with Crippen LogP contribution in [0.3, 0.4) is 0 Å². The van der Waals surface area contributed by atoms with Crippen LogP contribution in [0.15, 0.2) is 12.2 Å². The van der Waals surface area contributed by atoms with Crippen LogP contribution in [-0.4, -0.2) is 19.0 Å². The van der Waals surface area contributed by atoms with Crippen molar-refractivity contribution in [2.75, 3.05) is 7.11 Å². The van der Waals surface area contributed by atoms with E-state index in [0.29, 0.717) is 11.9 Å². The highest BCUT2D eigenvalue weighted by Gasteiger charge is 2.19. The topological polar surface area (TPSA) is 26.3 Å². The highest BCUT2D eigenvalue weighted by Crippen LogP contribution is 2.28. The van der Waals surface area contributed by atoms with Gasteiger partial charge in [-0.1, -0.05) is 12.2 Å². The van der Waals surface area contributed by atoms with Gasteiger partial charge in [0.1, 0.15) is 5.78 Å². The van der Waals surface area contributed by atoms with Crippen LogP contribution in [0.25, 0.3) is 0 Å². The Hall–Kier alpha value is -0.630. The fraction of sp³-hybridized carbons (Fsp3) is 0.824. The first-order valence-electron chi connectivity index (χ1n) is 7.99. The van der Waals surface area contributed by atoms with Gasteiger partial charge in [-0.2, -0.15) is 0 Å². The van der Waals surface area contributed by atoms with Crippen LogP contribution in [0, 0.1) is 11.8 Å². The number of Topliss-reactive ketones (excluding diaryl/α,β-unsaturated/α-hetero) is 1. The molecule has 0 aliphatic heterocycles. The first-order valence-corrected chi connectivity index (χ1v) is 7.99. The molecule has 0 aromatic rings. The molecule has 108 valence electrons. The van der Waals surface area contributed by atoms with E-state index in [-0.39, 0.29) is 0 Å². The molecule has 2 nitrogen and oxygen atoms in total. The molecule has 19 heavy (non-hydrogen) atoms. The van der Waals surface area contributed by atoms with Gasteiger partial charge in [0.25, 0.3) is 0 Å². The lowest BCUT2D eigenvalue weighted by Crippen LogP contribution is -2.19. The number of methoxy groups -OCH3 is 1. The average molecular weight is 264 g/mol. The molecule has 2 saturated carbocycles. The zero-order valence-corrected chi connectivity index (χ0v) is 12.3. The molecule has 2 aliphatic carbocycles. The first-order chi connectivity index (χ1) is 9.28. The maximum Gasteiger partial charge on any atom is 0.132 e. The van der Waals surface area contributed by atoms with Gasteiger partial charge in [0.15, 0.2) is 0 Å². The van der Waals surface area contributed by atoms with Gasteiger partial charge in [0.2, 0.25) is 0 Å². The van der Waals surface area contributed by atoms with Gasteiger partial charge >= 0.3 is 0 Å². The second kappa shape index (κ2) is 7.84. The third-order valence-electron chi connectivity index (χ3n) is 4.86. The largest absolute Gasteiger partial charge is 0.381 e. The summed E-state index contributed by atoms with van der Waals surface area (Å²) in [4.78, 5) is 11.2. The molecular formula is C17H28O2. The maximum atomic E-state index is 11.2. The molecule has 0 amide bonds. The molecular weight excluding hydrogens is 236 g/mol. The molecule has 0 bridgehead atoms. The van der Waals surface area contributed by atoms with Crippen molar-refractivity contribution < 1.29 is 9.53 Å². The summed E-state index contributed by atoms with van der Waals surface area (Å²) >= 11 is 0. The third kappa shape index (κ3) is 5.10. The van der Waals surface area contributed by atoms with E-state index in [1.165, 1.54) is 38.5 Å². The van der Waals surface area contributed by atoms with Crippen LogP contribution in [0.4, 0.5) is 0 Å². The molecule has 2 aliphatic rings. The van der Waals surface area contributed by atoms with Crippen molar-refractivity contribution in [3.05, 3.63) is 12.2 Å². The molecule has 2 fully saturated rings. The van der Waals surface area contributed by atoms with Gasteiger partial charge < -0.3 is 4.74 Å². The summed E-state index contributed by atoms with van der Waals surface area (Å²) in [5.41, 5.74) is 0. The van der Waals surface area contributed by atoms with Crippen LogP contribution in [0.5, 0.6) is 0 Å².